The van der Waals surface area contributed by atoms with Gasteiger partial charge in [0.1, 0.15) is 5.54 Å². The highest BCUT2D eigenvalue weighted by molar-refractivity contribution is 6.45. The first kappa shape index (κ1) is 28.4. The predicted molar refractivity (Wildman–Crippen MR) is 131 cm³/mol. The summed E-state index contributed by atoms with van der Waals surface area (Å²) in [5.41, 5.74) is 2.79. The maximum absolute atomic E-state index is 13.8. The number of amides is 3. The maximum Gasteiger partial charge on any atom is 0.457 e. The molecule has 2 aliphatic rings. The molecule has 3 amide bonds. The average Bonchev–Trinajstić information content (AvgIpc) is 2.89. The highest BCUT2D eigenvalue weighted by atomic mass is 16.7. The molecule has 1 heterocycles. The monoisotopic (exact) mass is 481 g/mol. The van der Waals surface area contributed by atoms with E-state index >= 15 is 0 Å². The number of nitrogens with one attached hydrogen (secondary N) is 1. The molecule has 0 aromatic rings. The zero-order valence-electron chi connectivity index (χ0n) is 22.4. The molecule has 0 radical (unpaired) electrons. The molecule has 0 spiro atoms. The van der Waals surface area contributed by atoms with E-state index in [0.29, 0.717) is 19.2 Å². The summed E-state index contributed by atoms with van der Waals surface area (Å²) in [4.78, 5) is 39.3. The van der Waals surface area contributed by atoms with Crippen LogP contribution in [0.15, 0.2) is 0 Å². The van der Waals surface area contributed by atoms with Crippen LogP contribution >= 0.6 is 0 Å². The average molecular weight is 481 g/mol. The largest absolute Gasteiger partial charge is 0.457 e. The zero-order chi connectivity index (χ0) is 26.1. The molecule has 2 fully saturated rings. The van der Waals surface area contributed by atoms with Gasteiger partial charge in [-0.15, -0.1) is 0 Å². The van der Waals surface area contributed by atoms with Crippen LogP contribution in [-0.2, 0) is 23.6 Å². The van der Waals surface area contributed by atoms with Crippen LogP contribution in [0.25, 0.3) is 0 Å². The van der Waals surface area contributed by atoms with Crippen molar-refractivity contribution < 1.29 is 28.4 Å². The number of hydrogen-bond acceptors (Lipinski definition) is 6. The Hall–Kier alpha value is -1.81. The minimum absolute atomic E-state index is 0.0194. The lowest BCUT2D eigenvalue weighted by Gasteiger charge is -2.51. The summed E-state index contributed by atoms with van der Waals surface area (Å²) in [5, 5.41) is 3.07. The van der Waals surface area contributed by atoms with Gasteiger partial charge in [-0.1, -0.05) is 6.42 Å². The van der Waals surface area contributed by atoms with Crippen molar-refractivity contribution in [3.63, 3.8) is 0 Å². The fraction of sp³-hybridized carbons (Fsp3) is 0.875. The van der Waals surface area contributed by atoms with Crippen molar-refractivity contribution in [2.24, 2.45) is 17.6 Å². The van der Waals surface area contributed by atoms with Crippen molar-refractivity contribution >= 4 is 25.0 Å². The minimum atomic E-state index is -1.16. The number of nitrogens with zero attached hydrogens (tertiary/aromatic N) is 1. The fourth-order valence-corrected chi connectivity index (χ4v) is 5.06. The summed E-state index contributed by atoms with van der Waals surface area (Å²) in [5.74, 6) is -0.670. The van der Waals surface area contributed by atoms with E-state index in [-0.39, 0.29) is 37.4 Å². The van der Waals surface area contributed by atoms with Gasteiger partial charge in [0.25, 0.3) is 0 Å². The van der Waals surface area contributed by atoms with E-state index in [9.17, 15) is 14.4 Å². The van der Waals surface area contributed by atoms with E-state index in [1.807, 2.05) is 48.5 Å². The lowest BCUT2D eigenvalue weighted by atomic mass is 9.64. The van der Waals surface area contributed by atoms with Crippen molar-refractivity contribution in [3.8, 4) is 0 Å². The van der Waals surface area contributed by atoms with Crippen LogP contribution in [0, 0.1) is 11.8 Å². The van der Waals surface area contributed by atoms with E-state index in [1.165, 1.54) is 11.8 Å². The Labute approximate surface area is 204 Å². The molecule has 2 rings (SSSR count). The van der Waals surface area contributed by atoms with E-state index in [4.69, 9.17) is 19.8 Å². The molecule has 0 aromatic carbocycles. The molecule has 1 saturated heterocycles. The van der Waals surface area contributed by atoms with E-state index < -0.39 is 28.4 Å². The molecular formula is C24H44BN3O6. The first-order valence-electron chi connectivity index (χ1n) is 12.3. The van der Waals surface area contributed by atoms with Gasteiger partial charge < -0.3 is 30.0 Å². The molecule has 1 saturated carbocycles. The molecule has 0 bridgehead atoms. The van der Waals surface area contributed by atoms with Crippen LogP contribution < -0.4 is 11.1 Å². The second-order valence-corrected chi connectivity index (χ2v) is 11.9. The molecule has 9 nitrogen and oxygen atoms in total. The van der Waals surface area contributed by atoms with Gasteiger partial charge in [0.05, 0.1) is 17.8 Å². The van der Waals surface area contributed by atoms with Crippen LogP contribution in [0.3, 0.4) is 0 Å². The van der Waals surface area contributed by atoms with Gasteiger partial charge in [0, 0.05) is 25.4 Å². The number of primary amides is 1. The van der Waals surface area contributed by atoms with Gasteiger partial charge in [-0.25, -0.2) is 4.79 Å². The molecule has 10 heteroatoms. The van der Waals surface area contributed by atoms with Crippen molar-refractivity contribution in [1.29, 1.82) is 0 Å². The summed E-state index contributed by atoms with van der Waals surface area (Å²) in [6, 6.07) is 0. The summed E-state index contributed by atoms with van der Waals surface area (Å²) in [6.45, 7) is 15.3. The van der Waals surface area contributed by atoms with Crippen LogP contribution in [0.5, 0.6) is 0 Å². The molecule has 194 valence electrons. The van der Waals surface area contributed by atoms with Gasteiger partial charge in [-0.3, -0.25) is 9.59 Å². The van der Waals surface area contributed by atoms with Gasteiger partial charge in [0.2, 0.25) is 11.8 Å². The SMILES string of the molecule is CC(=O)N(C)C1(C(=O)NC(C)(C)C)C[C@H](CCB2OC(C)(C)C(C)(C)O2)CCC1COC(N)=O. The van der Waals surface area contributed by atoms with E-state index in [2.05, 4.69) is 5.32 Å². The van der Waals surface area contributed by atoms with Gasteiger partial charge in [-0.2, -0.15) is 0 Å². The van der Waals surface area contributed by atoms with Crippen molar-refractivity contribution in [3.05, 3.63) is 0 Å². The number of carbonyl (C=O) groups excluding carboxylic acids is 3. The quantitative estimate of drug-likeness (QED) is 0.539. The molecule has 3 atom stereocenters. The van der Waals surface area contributed by atoms with Crippen LogP contribution in [0.1, 0.15) is 81.1 Å². The third-order valence-corrected chi connectivity index (χ3v) is 7.69. The highest BCUT2D eigenvalue weighted by Gasteiger charge is 2.55. The van der Waals surface area contributed by atoms with Crippen LogP contribution in [-0.4, -0.2) is 65.9 Å². The Balaban J connectivity index is 2.29. The molecule has 1 aliphatic carbocycles. The number of likely N-dealkylation sites (N-methyl/N-ethyl adjacent to an activating group) is 1. The highest BCUT2D eigenvalue weighted by Crippen LogP contribution is 2.45. The molecule has 34 heavy (non-hydrogen) atoms. The van der Waals surface area contributed by atoms with Crippen molar-refractivity contribution in [1.82, 2.24) is 10.2 Å². The Bertz CT molecular complexity index is 765. The van der Waals surface area contributed by atoms with E-state index in [0.717, 1.165) is 12.8 Å². The molecule has 2 unspecified atom stereocenters. The molecule has 3 N–H and O–H groups in total. The number of rotatable bonds is 7. The molecule has 0 aromatic heterocycles. The van der Waals surface area contributed by atoms with Gasteiger partial charge >= 0.3 is 13.2 Å². The maximum atomic E-state index is 13.8. The zero-order valence-corrected chi connectivity index (χ0v) is 22.4. The summed E-state index contributed by atoms with van der Waals surface area (Å²) >= 11 is 0. The number of carbonyl (C=O) groups is 3. The number of hydrogen-bond donors (Lipinski definition) is 2. The Morgan fingerprint density at radius 1 is 1.12 bits per heavy atom. The van der Waals surface area contributed by atoms with E-state index in [1.54, 1.807) is 7.05 Å². The smallest absolute Gasteiger partial charge is 0.449 e. The lowest BCUT2D eigenvalue weighted by Crippen LogP contribution is -2.67. The summed E-state index contributed by atoms with van der Waals surface area (Å²) in [7, 11) is 1.34. The second kappa shape index (κ2) is 10.1. The Morgan fingerprint density at radius 2 is 1.68 bits per heavy atom. The third kappa shape index (κ3) is 6.25. The molecular weight excluding hydrogens is 437 g/mol. The summed E-state index contributed by atoms with van der Waals surface area (Å²) < 4.78 is 17.5. The predicted octanol–water partition coefficient (Wildman–Crippen LogP) is 3.11. The lowest BCUT2D eigenvalue weighted by molar-refractivity contribution is -0.155. The van der Waals surface area contributed by atoms with Crippen molar-refractivity contribution in [2.45, 2.75) is 110 Å². The van der Waals surface area contributed by atoms with Crippen LogP contribution in [0.4, 0.5) is 4.79 Å². The third-order valence-electron chi connectivity index (χ3n) is 7.69. The minimum Gasteiger partial charge on any atom is -0.449 e. The van der Waals surface area contributed by atoms with Crippen LogP contribution in [0.2, 0.25) is 6.32 Å². The Kier molecular flexibility index (Phi) is 8.41. The molecule has 1 aliphatic heterocycles. The topological polar surface area (TPSA) is 120 Å². The Morgan fingerprint density at radius 3 is 2.15 bits per heavy atom. The number of nitrogens with two attached hydrogens (primary N) is 1. The van der Waals surface area contributed by atoms with Crippen molar-refractivity contribution in [2.75, 3.05) is 13.7 Å². The number of ether oxygens (including phenoxy) is 1. The second-order valence-electron chi connectivity index (χ2n) is 11.9. The normalized spacial score (nSPS) is 28.3. The fourth-order valence-electron chi connectivity index (χ4n) is 5.06. The summed E-state index contributed by atoms with van der Waals surface area (Å²) in [6.07, 6.45) is 2.51. The first-order valence-corrected chi connectivity index (χ1v) is 12.3. The van der Waals surface area contributed by atoms with Gasteiger partial charge in [0.15, 0.2) is 0 Å². The van der Waals surface area contributed by atoms with Gasteiger partial charge in [-0.05, 0) is 80.0 Å². The standard InChI is InChI=1S/C24H44BN3O6/c1-16(29)28(9)24(19(30)27-21(2,3)4)14-17(10-11-18(24)15-32-20(26)31)12-13-25-33-22(5,6)23(7,8)34-25/h17-18H,10-15H2,1-9H3,(H2,26,31)(H,27,30)/t17-,18?,24?/m0/s1. The first-order chi connectivity index (χ1) is 15.4.